The summed E-state index contributed by atoms with van der Waals surface area (Å²) in [4.78, 5) is 2.51. The SMILES string of the molecule is Cc1c(CN[C@@H]2CCN(Cc3ccccc3)C2)cc(C#N)n1C. The van der Waals surface area contributed by atoms with Crippen LogP contribution in [0.3, 0.4) is 0 Å². The van der Waals surface area contributed by atoms with E-state index < -0.39 is 0 Å². The van der Waals surface area contributed by atoms with Gasteiger partial charge in [0.15, 0.2) is 0 Å². The van der Waals surface area contributed by atoms with Crippen LogP contribution in [0.5, 0.6) is 0 Å². The van der Waals surface area contributed by atoms with E-state index in [2.05, 4.69) is 53.5 Å². The number of nitriles is 1. The Bertz CT molecular complexity index is 696. The maximum atomic E-state index is 9.11. The van der Waals surface area contributed by atoms with E-state index >= 15 is 0 Å². The fraction of sp³-hybridized carbons (Fsp3) is 0.421. The van der Waals surface area contributed by atoms with Crippen molar-refractivity contribution in [2.24, 2.45) is 7.05 Å². The van der Waals surface area contributed by atoms with Gasteiger partial charge in [-0.2, -0.15) is 5.26 Å². The van der Waals surface area contributed by atoms with Crippen LogP contribution in [0.15, 0.2) is 36.4 Å². The van der Waals surface area contributed by atoms with E-state index in [4.69, 9.17) is 5.26 Å². The van der Waals surface area contributed by atoms with E-state index in [0.717, 1.165) is 31.9 Å². The van der Waals surface area contributed by atoms with Crippen molar-refractivity contribution < 1.29 is 0 Å². The van der Waals surface area contributed by atoms with E-state index in [1.54, 1.807) is 0 Å². The van der Waals surface area contributed by atoms with Gasteiger partial charge >= 0.3 is 0 Å². The number of aromatic nitrogens is 1. The van der Waals surface area contributed by atoms with Gasteiger partial charge < -0.3 is 9.88 Å². The monoisotopic (exact) mass is 308 g/mol. The molecule has 0 saturated carbocycles. The van der Waals surface area contributed by atoms with Crippen molar-refractivity contribution in [3.05, 3.63) is 58.9 Å². The summed E-state index contributed by atoms with van der Waals surface area (Å²) in [6.07, 6.45) is 1.18. The number of nitrogens with zero attached hydrogens (tertiary/aromatic N) is 3. The van der Waals surface area contributed by atoms with Crippen LogP contribution in [0.4, 0.5) is 0 Å². The van der Waals surface area contributed by atoms with E-state index in [-0.39, 0.29) is 0 Å². The third-order valence-corrected chi connectivity index (χ3v) is 4.86. The Morgan fingerprint density at radius 1 is 1.30 bits per heavy atom. The highest BCUT2D eigenvalue weighted by Gasteiger charge is 2.22. The number of likely N-dealkylation sites (tertiary alicyclic amines) is 1. The van der Waals surface area contributed by atoms with Gasteiger partial charge in [-0.05, 0) is 30.5 Å². The van der Waals surface area contributed by atoms with Crippen molar-refractivity contribution in [2.45, 2.75) is 32.5 Å². The Hall–Kier alpha value is -2.09. The molecule has 0 aliphatic carbocycles. The van der Waals surface area contributed by atoms with Gasteiger partial charge in [-0.15, -0.1) is 0 Å². The number of nitrogens with one attached hydrogen (secondary N) is 1. The Balaban J connectivity index is 1.52. The summed E-state index contributed by atoms with van der Waals surface area (Å²) in [7, 11) is 1.95. The summed E-state index contributed by atoms with van der Waals surface area (Å²) in [6, 6.07) is 15.4. The molecule has 4 heteroatoms. The van der Waals surface area contributed by atoms with Crippen molar-refractivity contribution in [1.29, 1.82) is 5.26 Å². The molecule has 0 bridgehead atoms. The summed E-state index contributed by atoms with van der Waals surface area (Å²) >= 11 is 0. The normalized spacial score (nSPS) is 18.2. The summed E-state index contributed by atoms with van der Waals surface area (Å²) in [5.74, 6) is 0. The Labute approximate surface area is 138 Å². The minimum absolute atomic E-state index is 0.531. The molecule has 4 nitrogen and oxygen atoms in total. The number of rotatable bonds is 5. The molecular formula is C19H24N4. The summed E-state index contributed by atoms with van der Waals surface area (Å²) in [5, 5.41) is 12.8. The van der Waals surface area contributed by atoms with Crippen molar-refractivity contribution in [3.8, 4) is 6.07 Å². The molecule has 120 valence electrons. The molecule has 1 fully saturated rings. The molecule has 1 aliphatic rings. The largest absolute Gasteiger partial charge is 0.340 e. The molecule has 1 aromatic heterocycles. The lowest BCUT2D eigenvalue weighted by Crippen LogP contribution is -2.32. The van der Waals surface area contributed by atoms with Crippen LogP contribution in [-0.4, -0.2) is 28.6 Å². The zero-order valence-corrected chi connectivity index (χ0v) is 13.9. The predicted molar refractivity (Wildman–Crippen MR) is 91.8 cm³/mol. The third kappa shape index (κ3) is 3.64. The van der Waals surface area contributed by atoms with Gasteiger partial charge in [-0.25, -0.2) is 0 Å². The number of hydrogen-bond donors (Lipinski definition) is 1. The Morgan fingerprint density at radius 3 is 2.78 bits per heavy atom. The summed E-state index contributed by atoms with van der Waals surface area (Å²) in [6.45, 7) is 6.18. The fourth-order valence-electron chi connectivity index (χ4n) is 3.29. The van der Waals surface area contributed by atoms with Crippen LogP contribution in [0, 0.1) is 18.3 Å². The van der Waals surface area contributed by atoms with Crippen LogP contribution in [-0.2, 0) is 20.1 Å². The number of benzene rings is 1. The molecule has 2 aromatic rings. The highest BCUT2D eigenvalue weighted by Crippen LogP contribution is 2.16. The molecule has 1 atom stereocenters. The van der Waals surface area contributed by atoms with Gasteiger partial charge in [0, 0.05) is 45.0 Å². The van der Waals surface area contributed by atoms with E-state index in [1.165, 1.54) is 23.2 Å². The van der Waals surface area contributed by atoms with Crippen molar-refractivity contribution in [1.82, 2.24) is 14.8 Å². The zero-order valence-electron chi connectivity index (χ0n) is 13.9. The highest BCUT2D eigenvalue weighted by molar-refractivity contribution is 5.34. The highest BCUT2D eigenvalue weighted by atomic mass is 15.2. The van der Waals surface area contributed by atoms with Crippen LogP contribution in [0.2, 0.25) is 0 Å². The van der Waals surface area contributed by atoms with Crippen molar-refractivity contribution in [3.63, 3.8) is 0 Å². The van der Waals surface area contributed by atoms with Gasteiger partial charge in [-0.1, -0.05) is 30.3 Å². The lowest BCUT2D eigenvalue weighted by Gasteiger charge is -2.17. The van der Waals surface area contributed by atoms with Crippen LogP contribution >= 0.6 is 0 Å². The van der Waals surface area contributed by atoms with Crippen LogP contribution in [0.1, 0.15) is 28.9 Å². The molecule has 0 radical (unpaired) electrons. The van der Waals surface area contributed by atoms with Gasteiger partial charge in [-0.3, -0.25) is 4.90 Å². The molecule has 1 aromatic carbocycles. The standard InChI is InChI=1S/C19H24N4/c1-15-17(10-19(11-20)22(15)2)12-21-18-8-9-23(14-18)13-16-6-4-3-5-7-16/h3-7,10,18,21H,8-9,12-14H2,1-2H3/t18-/m1/s1. The summed E-state index contributed by atoms with van der Waals surface area (Å²) in [5.41, 5.74) is 4.51. The molecule has 3 rings (SSSR count). The van der Waals surface area contributed by atoms with Gasteiger partial charge in [0.25, 0.3) is 0 Å². The molecule has 23 heavy (non-hydrogen) atoms. The average Bonchev–Trinajstić information content (AvgIpc) is 3.12. The quantitative estimate of drug-likeness (QED) is 0.923. The van der Waals surface area contributed by atoms with E-state index in [1.807, 2.05) is 17.7 Å². The lowest BCUT2D eigenvalue weighted by atomic mass is 10.2. The minimum Gasteiger partial charge on any atom is -0.340 e. The van der Waals surface area contributed by atoms with Gasteiger partial charge in [0.05, 0.1) is 0 Å². The molecular weight excluding hydrogens is 284 g/mol. The Morgan fingerprint density at radius 2 is 2.09 bits per heavy atom. The topological polar surface area (TPSA) is 44.0 Å². The first-order valence-corrected chi connectivity index (χ1v) is 8.22. The number of hydrogen-bond acceptors (Lipinski definition) is 3. The first kappa shape index (κ1) is 15.8. The van der Waals surface area contributed by atoms with E-state index in [9.17, 15) is 0 Å². The molecule has 0 unspecified atom stereocenters. The molecule has 1 N–H and O–H groups in total. The van der Waals surface area contributed by atoms with Crippen molar-refractivity contribution >= 4 is 0 Å². The molecule has 1 aliphatic heterocycles. The second-order valence-corrected chi connectivity index (χ2v) is 6.40. The molecule has 1 saturated heterocycles. The molecule has 0 spiro atoms. The maximum Gasteiger partial charge on any atom is 0.120 e. The zero-order chi connectivity index (χ0) is 16.2. The molecule has 0 amide bonds. The van der Waals surface area contributed by atoms with E-state index in [0.29, 0.717) is 6.04 Å². The second-order valence-electron chi connectivity index (χ2n) is 6.40. The smallest absolute Gasteiger partial charge is 0.120 e. The lowest BCUT2D eigenvalue weighted by molar-refractivity contribution is 0.320. The molecule has 2 heterocycles. The Kier molecular flexibility index (Phi) is 4.80. The van der Waals surface area contributed by atoms with Crippen LogP contribution < -0.4 is 5.32 Å². The first-order chi connectivity index (χ1) is 11.2. The fourth-order valence-corrected chi connectivity index (χ4v) is 3.29. The summed E-state index contributed by atoms with van der Waals surface area (Å²) < 4.78 is 1.97. The van der Waals surface area contributed by atoms with Gasteiger partial charge in [0.2, 0.25) is 0 Å². The first-order valence-electron chi connectivity index (χ1n) is 8.22. The van der Waals surface area contributed by atoms with Crippen LogP contribution in [0.25, 0.3) is 0 Å². The predicted octanol–water partition coefficient (Wildman–Crippen LogP) is 2.57. The van der Waals surface area contributed by atoms with Crippen molar-refractivity contribution in [2.75, 3.05) is 13.1 Å². The third-order valence-electron chi connectivity index (χ3n) is 4.86. The second kappa shape index (κ2) is 6.99. The van der Waals surface area contributed by atoms with Gasteiger partial charge in [0.1, 0.15) is 11.8 Å². The average molecular weight is 308 g/mol. The minimum atomic E-state index is 0.531. The maximum absolute atomic E-state index is 9.11.